The molecule has 1 amide bonds. The number of hydrogen-bond acceptors (Lipinski definition) is 4. The molecule has 0 aliphatic heterocycles. The number of benzene rings is 1. The largest absolute Gasteiger partial charge is 0.337 e. The van der Waals surface area contributed by atoms with E-state index in [2.05, 4.69) is 10.3 Å². The number of aromatic nitrogens is 3. The van der Waals surface area contributed by atoms with Crippen molar-refractivity contribution in [3.63, 3.8) is 0 Å². The van der Waals surface area contributed by atoms with E-state index in [1.165, 1.54) is 4.68 Å². The second-order valence-corrected chi connectivity index (χ2v) is 5.02. The molecule has 0 aliphatic rings. The van der Waals surface area contributed by atoms with Crippen LogP contribution >= 0.6 is 0 Å². The Balaban J connectivity index is 1.99. The van der Waals surface area contributed by atoms with E-state index in [-0.39, 0.29) is 18.5 Å². The molecule has 0 saturated carbocycles. The maximum atomic E-state index is 12.3. The molecule has 6 nitrogen and oxygen atoms in total. The Morgan fingerprint density at radius 2 is 2.10 bits per heavy atom. The summed E-state index contributed by atoms with van der Waals surface area (Å²) in [7, 11) is 0. The summed E-state index contributed by atoms with van der Waals surface area (Å²) in [5.41, 5.74) is 7.54. The van der Waals surface area contributed by atoms with Crippen LogP contribution in [-0.2, 0) is 17.9 Å². The number of hydrogen-bond donors (Lipinski definition) is 1. The minimum Gasteiger partial charge on any atom is -0.337 e. The third kappa shape index (κ3) is 4.13. The molecular weight excluding hydrogens is 266 g/mol. The highest BCUT2D eigenvalue weighted by molar-refractivity contribution is 5.75. The molecule has 0 bridgehead atoms. The Morgan fingerprint density at radius 1 is 1.38 bits per heavy atom. The molecule has 6 heteroatoms. The lowest BCUT2D eigenvalue weighted by molar-refractivity contribution is -0.132. The van der Waals surface area contributed by atoms with E-state index >= 15 is 0 Å². The summed E-state index contributed by atoms with van der Waals surface area (Å²) in [6, 6.07) is 9.76. The Labute approximate surface area is 124 Å². The standard InChI is InChI=1S/C15H21N5O/c1-3-19(9-13-7-5-4-6-8-13)15(21)11-20-10-14(12(2)16)17-18-20/h4-8,10,12H,3,9,11,16H2,1-2H3. The monoisotopic (exact) mass is 287 g/mol. The van der Waals surface area contributed by atoms with E-state index in [1.807, 2.05) is 44.2 Å². The van der Waals surface area contributed by atoms with Gasteiger partial charge in [0, 0.05) is 19.1 Å². The molecule has 112 valence electrons. The highest BCUT2D eigenvalue weighted by Crippen LogP contribution is 2.07. The molecule has 2 N–H and O–H groups in total. The number of likely N-dealkylation sites (N-methyl/N-ethyl adjacent to an activating group) is 1. The zero-order valence-corrected chi connectivity index (χ0v) is 12.4. The minimum absolute atomic E-state index is 0.0162. The number of rotatable bonds is 6. The Kier molecular flexibility index (Phi) is 5.05. The molecule has 2 rings (SSSR count). The van der Waals surface area contributed by atoms with Gasteiger partial charge in [-0.25, -0.2) is 4.68 Å². The van der Waals surface area contributed by atoms with Crippen LogP contribution in [0.4, 0.5) is 0 Å². The van der Waals surface area contributed by atoms with Crippen molar-refractivity contribution in [2.75, 3.05) is 6.54 Å². The van der Waals surface area contributed by atoms with E-state index in [0.717, 1.165) is 5.56 Å². The first-order valence-corrected chi connectivity index (χ1v) is 7.07. The van der Waals surface area contributed by atoms with Gasteiger partial charge in [0.25, 0.3) is 0 Å². The Hall–Kier alpha value is -2.21. The number of amides is 1. The van der Waals surface area contributed by atoms with Gasteiger partial charge < -0.3 is 10.6 Å². The van der Waals surface area contributed by atoms with Gasteiger partial charge in [-0.3, -0.25) is 4.79 Å². The van der Waals surface area contributed by atoms with Crippen molar-refractivity contribution in [3.8, 4) is 0 Å². The number of nitrogens with two attached hydrogens (primary N) is 1. The summed E-state index contributed by atoms with van der Waals surface area (Å²) in [5, 5.41) is 7.90. The first-order chi connectivity index (χ1) is 10.1. The van der Waals surface area contributed by atoms with Crippen LogP contribution in [0.1, 0.15) is 31.1 Å². The number of carbonyl (C=O) groups is 1. The Morgan fingerprint density at radius 3 is 2.67 bits per heavy atom. The fourth-order valence-electron chi connectivity index (χ4n) is 2.02. The van der Waals surface area contributed by atoms with Gasteiger partial charge in [0.2, 0.25) is 5.91 Å². The van der Waals surface area contributed by atoms with Gasteiger partial charge >= 0.3 is 0 Å². The van der Waals surface area contributed by atoms with Gasteiger partial charge in [-0.2, -0.15) is 0 Å². The average Bonchev–Trinajstić information content (AvgIpc) is 2.94. The lowest BCUT2D eigenvalue weighted by Crippen LogP contribution is -2.33. The molecule has 1 atom stereocenters. The average molecular weight is 287 g/mol. The summed E-state index contributed by atoms with van der Waals surface area (Å²) >= 11 is 0. The van der Waals surface area contributed by atoms with E-state index < -0.39 is 0 Å². The molecule has 1 aromatic heterocycles. The van der Waals surface area contributed by atoms with Crippen LogP contribution < -0.4 is 5.73 Å². The van der Waals surface area contributed by atoms with Gasteiger partial charge in [0.1, 0.15) is 6.54 Å². The van der Waals surface area contributed by atoms with Crippen molar-refractivity contribution in [1.29, 1.82) is 0 Å². The van der Waals surface area contributed by atoms with Crippen molar-refractivity contribution in [2.45, 2.75) is 33.0 Å². The second kappa shape index (κ2) is 6.99. The zero-order valence-electron chi connectivity index (χ0n) is 12.4. The van der Waals surface area contributed by atoms with E-state index in [1.54, 1.807) is 11.1 Å². The lowest BCUT2D eigenvalue weighted by Gasteiger charge is -2.20. The fourth-order valence-corrected chi connectivity index (χ4v) is 2.02. The summed E-state index contributed by atoms with van der Waals surface area (Å²) < 4.78 is 1.54. The first kappa shape index (κ1) is 15.2. The number of carbonyl (C=O) groups excluding carboxylic acids is 1. The highest BCUT2D eigenvalue weighted by atomic mass is 16.2. The normalized spacial score (nSPS) is 12.1. The smallest absolute Gasteiger partial charge is 0.244 e. The molecule has 0 fully saturated rings. The van der Waals surface area contributed by atoms with Crippen LogP contribution in [0.15, 0.2) is 36.5 Å². The van der Waals surface area contributed by atoms with Crippen molar-refractivity contribution in [3.05, 3.63) is 47.8 Å². The molecule has 1 aromatic carbocycles. The third-order valence-electron chi connectivity index (χ3n) is 3.27. The lowest BCUT2D eigenvalue weighted by atomic mass is 10.2. The second-order valence-electron chi connectivity index (χ2n) is 5.02. The van der Waals surface area contributed by atoms with E-state index in [4.69, 9.17) is 5.73 Å². The third-order valence-corrected chi connectivity index (χ3v) is 3.27. The van der Waals surface area contributed by atoms with Crippen LogP contribution in [-0.4, -0.2) is 32.3 Å². The zero-order chi connectivity index (χ0) is 15.2. The summed E-state index contributed by atoms with van der Waals surface area (Å²) in [6.07, 6.45) is 1.72. The molecule has 0 radical (unpaired) electrons. The van der Waals surface area contributed by atoms with E-state index in [0.29, 0.717) is 18.8 Å². The molecule has 0 spiro atoms. The molecule has 2 aromatic rings. The van der Waals surface area contributed by atoms with Crippen molar-refractivity contribution < 1.29 is 4.79 Å². The summed E-state index contributed by atoms with van der Waals surface area (Å²) in [5.74, 6) is 0.0162. The van der Waals surface area contributed by atoms with Gasteiger partial charge in [0.05, 0.1) is 11.9 Å². The van der Waals surface area contributed by atoms with Gasteiger partial charge in [-0.1, -0.05) is 35.5 Å². The first-order valence-electron chi connectivity index (χ1n) is 7.07. The highest BCUT2D eigenvalue weighted by Gasteiger charge is 2.14. The maximum Gasteiger partial charge on any atom is 0.244 e. The predicted octanol–water partition coefficient (Wildman–Crippen LogP) is 1.35. The number of nitrogens with zero attached hydrogens (tertiary/aromatic N) is 4. The van der Waals surface area contributed by atoms with Crippen molar-refractivity contribution in [1.82, 2.24) is 19.9 Å². The van der Waals surface area contributed by atoms with Crippen molar-refractivity contribution in [2.24, 2.45) is 5.73 Å². The van der Waals surface area contributed by atoms with Crippen molar-refractivity contribution >= 4 is 5.91 Å². The Bertz CT molecular complexity index is 579. The van der Waals surface area contributed by atoms with Gasteiger partial charge in [-0.05, 0) is 19.4 Å². The van der Waals surface area contributed by atoms with Crippen LogP contribution in [0.2, 0.25) is 0 Å². The van der Waals surface area contributed by atoms with Gasteiger partial charge in [0.15, 0.2) is 0 Å². The SMILES string of the molecule is CCN(Cc1ccccc1)C(=O)Cn1cc(C(C)N)nn1. The van der Waals surface area contributed by atoms with Crippen LogP contribution in [0.3, 0.4) is 0 Å². The molecule has 21 heavy (non-hydrogen) atoms. The summed E-state index contributed by atoms with van der Waals surface area (Å²) in [6.45, 7) is 5.24. The maximum absolute atomic E-state index is 12.3. The quantitative estimate of drug-likeness (QED) is 0.870. The van der Waals surface area contributed by atoms with Crippen LogP contribution in [0, 0.1) is 0 Å². The van der Waals surface area contributed by atoms with Crippen LogP contribution in [0.5, 0.6) is 0 Å². The van der Waals surface area contributed by atoms with E-state index in [9.17, 15) is 4.79 Å². The summed E-state index contributed by atoms with van der Waals surface area (Å²) in [4.78, 5) is 14.1. The molecule has 0 saturated heterocycles. The minimum atomic E-state index is -0.180. The molecular formula is C15H21N5O. The fraction of sp³-hybridized carbons (Fsp3) is 0.400. The predicted molar refractivity (Wildman–Crippen MR) is 80.2 cm³/mol. The van der Waals surface area contributed by atoms with Gasteiger partial charge in [-0.15, -0.1) is 5.10 Å². The molecule has 0 aliphatic carbocycles. The van der Waals surface area contributed by atoms with Crippen LogP contribution in [0.25, 0.3) is 0 Å². The topological polar surface area (TPSA) is 77.0 Å². The molecule has 1 unspecified atom stereocenters. The molecule has 1 heterocycles.